The Hall–Kier alpha value is 1.10. The first kappa shape index (κ1) is 19.4. The van der Waals surface area contributed by atoms with Crippen molar-refractivity contribution < 1.29 is 32.7 Å². The van der Waals surface area contributed by atoms with Gasteiger partial charge in [-0.2, -0.15) is 0 Å². The van der Waals surface area contributed by atoms with Crippen LogP contribution in [0.25, 0.3) is 0 Å². The van der Waals surface area contributed by atoms with Crippen LogP contribution in [0, 0.1) is 24.7 Å². The Morgan fingerprint density at radius 1 is 0.875 bits per heavy atom. The normalized spacial score (nSPS) is 30.8. The molecule has 1 heteroatoms. The van der Waals surface area contributed by atoms with Gasteiger partial charge in [-0.15, -0.1) is 0 Å². The van der Waals surface area contributed by atoms with Crippen molar-refractivity contribution in [2.24, 2.45) is 17.3 Å². The zero-order valence-corrected chi connectivity index (χ0v) is 15.0. The minimum atomic E-state index is 0. The molecule has 2 aliphatic carbocycles. The standard InChI is InChI=1S/C12H22.C2H6.CH3.Y/c1-12(2)9-5-7-10-6-3-4-8-11(10)12;1-2;;/h10-11H,3-9H2,1-2H3;1-2H3;1H3;/q;;-1;. The van der Waals surface area contributed by atoms with Gasteiger partial charge in [0.2, 0.25) is 0 Å². The Kier molecular flexibility index (Phi) is 11.0. The molecule has 2 atom stereocenters. The molecule has 0 aliphatic heterocycles. The van der Waals surface area contributed by atoms with Crippen molar-refractivity contribution in [2.45, 2.75) is 72.6 Å². The van der Waals surface area contributed by atoms with E-state index in [1.54, 1.807) is 0 Å². The van der Waals surface area contributed by atoms with Gasteiger partial charge >= 0.3 is 0 Å². The summed E-state index contributed by atoms with van der Waals surface area (Å²) in [5.41, 5.74) is 0.670. The van der Waals surface area contributed by atoms with E-state index in [1.807, 2.05) is 13.8 Å². The largest absolute Gasteiger partial charge is 0.358 e. The number of rotatable bonds is 0. The van der Waals surface area contributed by atoms with Crippen LogP contribution in [0.15, 0.2) is 0 Å². The van der Waals surface area contributed by atoms with E-state index in [4.69, 9.17) is 0 Å². The van der Waals surface area contributed by atoms with E-state index < -0.39 is 0 Å². The van der Waals surface area contributed by atoms with Crippen LogP contribution in [0.4, 0.5) is 0 Å². The molecule has 0 aromatic heterocycles. The molecule has 0 nitrogen and oxygen atoms in total. The van der Waals surface area contributed by atoms with Crippen LogP contribution in [0.3, 0.4) is 0 Å². The Bertz CT molecular complexity index is 161. The van der Waals surface area contributed by atoms with Crippen LogP contribution < -0.4 is 0 Å². The third kappa shape index (κ3) is 4.77. The zero-order chi connectivity index (χ0) is 10.6. The molecule has 2 saturated carbocycles. The summed E-state index contributed by atoms with van der Waals surface area (Å²) >= 11 is 0. The number of hydrogen-bond acceptors (Lipinski definition) is 0. The summed E-state index contributed by atoms with van der Waals surface area (Å²) in [5.74, 6) is 2.17. The van der Waals surface area contributed by atoms with Crippen molar-refractivity contribution in [1.82, 2.24) is 0 Å². The average Bonchev–Trinajstić information content (AvgIpc) is 2.21. The summed E-state index contributed by atoms with van der Waals surface area (Å²) in [7, 11) is 0. The molecule has 16 heavy (non-hydrogen) atoms. The quantitative estimate of drug-likeness (QED) is 0.520. The van der Waals surface area contributed by atoms with Crippen molar-refractivity contribution in [2.75, 3.05) is 0 Å². The topological polar surface area (TPSA) is 0 Å². The molecule has 2 unspecified atom stereocenters. The fraction of sp³-hybridized carbons (Fsp3) is 0.933. The van der Waals surface area contributed by atoms with Gasteiger partial charge in [0, 0.05) is 32.7 Å². The van der Waals surface area contributed by atoms with Gasteiger partial charge in [0.15, 0.2) is 0 Å². The third-order valence-corrected chi connectivity index (χ3v) is 4.31. The molecule has 0 bridgehead atoms. The maximum absolute atomic E-state index is 2.50. The number of fused-ring (bicyclic) bond motifs is 1. The summed E-state index contributed by atoms with van der Waals surface area (Å²) in [6.07, 6.45) is 10.6. The van der Waals surface area contributed by atoms with E-state index in [9.17, 15) is 0 Å². The van der Waals surface area contributed by atoms with E-state index in [0.29, 0.717) is 5.41 Å². The maximum atomic E-state index is 2.50. The fourth-order valence-electron chi connectivity index (χ4n) is 3.59. The summed E-state index contributed by atoms with van der Waals surface area (Å²) in [5, 5.41) is 0. The molecule has 2 fully saturated rings. The van der Waals surface area contributed by atoms with E-state index >= 15 is 0 Å². The maximum Gasteiger partial charge on any atom is 0 e. The SMILES string of the molecule is CC.CC1(C)CCCC2CCCCC21.[CH3-].[Y]. The summed E-state index contributed by atoms with van der Waals surface area (Å²) in [4.78, 5) is 0. The van der Waals surface area contributed by atoms with Crippen molar-refractivity contribution in [3.05, 3.63) is 7.43 Å². The van der Waals surface area contributed by atoms with Crippen LogP contribution in [-0.4, -0.2) is 0 Å². The van der Waals surface area contributed by atoms with E-state index in [-0.39, 0.29) is 40.1 Å². The minimum absolute atomic E-state index is 0. The first-order chi connectivity index (χ1) is 6.70. The molecule has 0 amide bonds. The molecule has 0 saturated heterocycles. The van der Waals surface area contributed by atoms with Gasteiger partial charge in [0.05, 0.1) is 0 Å². The van der Waals surface area contributed by atoms with Crippen LogP contribution in [-0.2, 0) is 32.7 Å². The van der Waals surface area contributed by atoms with Crippen molar-refractivity contribution in [1.29, 1.82) is 0 Å². The molecule has 0 aromatic carbocycles. The molecule has 2 aliphatic rings. The fourth-order valence-corrected chi connectivity index (χ4v) is 3.59. The molecular weight excluding hydrogens is 269 g/mol. The molecule has 2 rings (SSSR count). The Balaban J connectivity index is 0. The first-order valence-corrected chi connectivity index (χ1v) is 6.70. The average molecular weight is 300 g/mol. The summed E-state index contributed by atoms with van der Waals surface area (Å²) in [6, 6.07) is 0. The van der Waals surface area contributed by atoms with Gasteiger partial charge in [-0.1, -0.05) is 59.8 Å². The van der Waals surface area contributed by atoms with E-state index in [2.05, 4.69) is 13.8 Å². The van der Waals surface area contributed by atoms with Gasteiger partial charge in [0.25, 0.3) is 0 Å². The van der Waals surface area contributed by atoms with Gasteiger partial charge in [0.1, 0.15) is 0 Å². The van der Waals surface area contributed by atoms with Gasteiger partial charge < -0.3 is 7.43 Å². The smallest absolute Gasteiger partial charge is 0 e. The molecule has 0 spiro atoms. The van der Waals surface area contributed by atoms with Gasteiger partial charge in [-0.3, -0.25) is 0 Å². The van der Waals surface area contributed by atoms with Crippen molar-refractivity contribution >= 4 is 0 Å². The molecule has 1 radical (unpaired) electrons. The number of hydrogen-bond donors (Lipinski definition) is 0. The predicted molar refractivity (Wildman–Crippen MR) is 70.8 cm³/mol. The zero-order valence-electron chi connectivity index (χ0n) is 12.2. The molecule has 0 heterocycles. The van der Waals surface area contributed by atoms with Crippen LogP contribution in [0.1, 0.15) is 72.6 Å². The van der Waals surface area contributed by atoms with Gasteiger partial charge in [-0.05, 0) is 30.1 Å². The molecule has 0 N–H and O–H groups in total. The van der Waals surface area contributed by atoms with Crippen LogP contribution in [0.5, 0.6) is 0 Å². The van der Waals surface area contributed by atoms with Crippen LogP contribution in [0.2, 0.25) is 0 Å². The minimum Gasteiger partial charge on any atom is -0.358 e. The second-order valence-electron chi connectivity index (χ2n) is 5.53. The Labute approximate surface area is 129 Å². The second kappa shape index (κ2) is 9.09. The Morgan fingerprint density at radius 3 is 1.94 bits per heavy atom. The molecule has 95 valence electrons. The monoisotopic (exact) mass is 300 g/mol. The van der Waals surface area contributed by atoms with Crippen molar-refractivity contribution in [3.63, 3.8) is 0 Å². The molecular formula is C15H31Y-. The molecule has 0 aromatic rings. The van der Waals surface area contributed by atoms with Gasteiger partial charge in [-0.25, -0.2) is 0 Å². The van der Waals surface area contributed by atoms with E-state index in [0.717, 1.165) is 11.8 Å². The Morgan fingerprint density at radius 2 is 1.38 bits per heavy atom. The second-order valence-corrected chi connectivity index (χ2v) is 5.53. The first-order valence-electron chi connectivity index (χ1n) is 6.70. The van der Waals surface area contributed by atoms with Crippen molar-refractivity contribution in [3.8, 4) is 0 Å². The van der Waals surface area contributed by atoms with Crippen LogP contribution >= 0.6 is 0 Å². The third-order valence-electron chi connectivity index (χ3n) is 4.31. The summed E-state index contributed by atoms with van der Waals surface area (Å²) in [6.45, 7) is 8.99. The summed E-state index contributed by atoms with van der Waals surface area (Å²) < 4.78 is 0. The van der Waals surface area contributed by atoms with E-state index in [1.165, 1.54) is 44.9 Å². The predicted octanol–water partition coefficient (Wildman–Crippen LogP) is 5.48.